The zero-order valence-electron chi connectivity index (χ0n) is 16.6. The van der Waals surface area contributed by atoms with Crippen LogP contribution in [0.3, 0.4) is 0 Å². The topological polar surface area (TPSA) is 91.2 Å². The first-order chi connectivity index (χ1) is 13.2. The zero-order valence-corrected chi connectivity index (χ0v) is 16.6. The first-order valence-corrected chi connectivity index (χ1v) is 9.00. The van der Waals surface area contributed by atoms with E-state index in [4.69, 9.17) is 10.00 Å². The van der Waals surface area contributed by atoms with Crippen LogP contribution in [-0.4, -0.2) is 18.4 Å². The molecule has 0 fully saturated rings. The Kier molecular flexibility index (Phi) is 6.78. The van der Waals surface area contributed by atoms with Gasteiger partial charge >= 0.3 is 0 Å². The van der Waals surface area contributed by atoms with Crippen molar-refractivity contribution in [3.8, 4) is 11.8 Å². The lowest BCUT2D eigenvalue weighted by Crippen LogP contribution is -2.23. The maximum absolute atomic E-state index is 12.4. The van der Waals surface area contributed by atoms with Crippen molar-refractivity contribution in [3.05, 3.63) is 53.6 Å². The third-order valence-corrected chi connectivity index (χ3v) is 4.02. The SMILES string of the molecule is Cc1ccc(OCC(=O)Nc2ccccc2NC(=O)CC#N)c(C(C)(C)C)c1. The van der Waals surface area contributed by atoms with Crippen LogP contribution in [0.4, 0.5) is 11.4 Å². The number of rotatable bonds is 6. The first kappa shape index (κ1) is 21.0. The lowest BCUT2D eigenvalue weighted by Gasteiger charge is -2.23. The molecule has 6 nitrogen and oxygen atoms in total. The lowest BCUT2D eigenvalue weighted by molar-refractivity contribution is -0.118. The highest BCUT2D eigenvalue weighted by Gasteiger charge is 2.20. The van der Waals surface area contributed by atoms with E-state index in [1.54, 1.807) is 30.3 Å². The molecule has 0 radical (unpaired) electrons. The highest BCUT2D eigenvalue weighted by atomic mass is 16.5. The summed E-state index contributed by atoms with van der Waals surface area (Å²) < 4.78 is 5.77. The van der Waals surface area contributed by atoms with E-state index < -0.39 is 5.91 Å². The van der Waals surface area contributed by atoms with Crippen LogP contribution in [0.15, 0.2) is 42.5 Å². The summed E-state index contributed by atoms with van der Waals surface area (Å²) in [6, 6.07) is 14.5. The third-order valence-electron chi connectivity index (χ3n) is 4.02. The number of anilines is 2. The zero-order chi connectivity index (χ0) is 20.7. The minimum absolute atomic E-state index is 0.116. The Labute approximate surface area is 165 Å². The highest BCUT2D eigenvalue weighted by molar-refractivity contribution is 6.00. The maximum Gasteiger partial charge on any atom is 0.262 e. The molecule has 146 valence electrons. The van der Waals surface area contributed by atoms with Gasteiger partial charge in [0.1, 0.15) is 12.2 Å². The normalized spacial score (nSPS) is 10.7. The van der Waals surface area contributed by atoms with Crippen molar-refractivity contribution in [3.63, 3.8) is 0 Å². The van der Waals surface area contributed by atoms with Crippen molar-refractivity contribution in [2.45, 2.75) is 39.5 Å². The number of hydrogen-bond donors (Lipinski definition) is 2. The van der Waals surface area contributed by atoms with Crippen molar-refractivity contribution < 1.29 is 14.3 Å². The molecule has 0 unspecified atom stereocenters. The van der Waals surface area contributed by atoms with Gasteiger partial charge in [-0.05, 0) is 36.1 Å². The van der Waals surface area contributed by atoms with Crippen LogP contribution in [0, 0.1) is 18.3 Å². The fraction of sp³-hybridized carbons (Fsp3) is 0.318. The van der Waals surface area contributed by atoms with Gasteiger partial charge in [0, 0.05) is 0 Å². The average molecular weight is 379 g/mol. The third kappa shape index (κ3) is 5.85. The second kappa shape index (κ2) is 9.05. The van der Waals surface area contributed by atoms with Gasteiger partial charge < -0.3 is 15.4 Å². The number of para-hydroxylation sites is 2. The fourth-order valence-corrected chi connectivity index (χ4v) is 2.65. The molecular formula is C22H25N3O3. The minimum Gasteiger partial charge on any atom is -0.483 e. The molecule has 6 heteroatoms. The number of nitrogens with one attached hydrogen (secondary N) is 2. The molecule has 0 aliphatic heterocycles. The molecule has 2 aromatic rings. The fourth-order valence-electron chi connectivity index (χ4n) is 2.65. The van der Waals surface area contributed by atoms with E-state index in [-0.39, 0.29) is 24.3 Å². The monoisotopic (exact) mass is 379 g/mol. The van der Waals surface area contributed by atoms with E-state index in [1.165, 1.54) is 0 Å². The summed E-state index contributed by atoms with van der Waals surface area (Å²) in [5, 5.41) is 14.0. The summed E-state index contributed by atoms with van der Waals surface area (Å²) in [4.78, 5) is 24.0. The van der Waals surface area contributed by atoms with Crippen LogP contribution >= 0.6 is 0 Å². The molecule has 2 amide bonds. The van der Waals surface area contributed by atoms with Gasteiger partial charge in [0.25, 0.3) is 5.91 Å². The van der Waals surface area contributed by atoms with Crippen LogP contribution in [0.1, 0.15) is 38.3 Å². The van der Waals surface area contributed by atoms with Crippen molar-refractivity contribution >= 4 is 23.2 Å². The van der Waals surface area contributed by atoms with Crippen LogP contribution in [-0.2, 0) is 15.0 Å². The molecule has 2 aromatic carbocycles. The number of ether oxygens (including phenoxy) is 1. The van der Waals surface area contributed by atoms with E-state index >= 15 is 0 Å². The largest absolute Gasteiger partial charge is 0.483 e. The van der Waals surface area contributed by atoms with Gasteiger partial charge in [-0.1, -0.05) is 50.6 Å². The Morgan fingerprint density at radius 3 is 2.21 bits per heavy atom. The van der Waals surface area contributed by atoms with Crippen molar-refractivity contribution in [1.29, 1.82) is 5.26 Å². The molecule has 0 aromatic heterocycles. The Bertz CT molecular complexity index is 908. The van der Waals surface area contributed by atoms with E-state index in [2.05, 4.69) is 37.5 Å². The molecule has 2 rings (SSSR count). The van der Waals surface area contributed by atoms with Crippen LogP contribution in [0.5, 0.6) is 5.75 Å². The summed E-state index contributed by atoms with van der Waals surface area (Å²) in [7, 11) is 0. The molecule has 28 heavy (non-hydrogen) atoms. The molecule has 0 aliphatic rings. The van der Waals surface area contributed by atoms with E-state index in [0.29, 0.717) is 17.1 Å². The van der Waals surface area contributed by atoms with Gasteiger partial charge in [0.05, 0.1) is 17.4 Å². The van der Waals surface area contributed by atoms with Crippen LogP contribution < -0.4 is 15.4 Å². The first-order valence-electron chi connectivity index (χ1n) is 9.00. The van der Waals surface area contributed by atoms with Crippen molar-refractivity contribution in [1.82, 2.24) is 0 Å². The molecule has 0 atom stereocenters. The van der Waals surface area contributed by atoms with Gasteiger partial charge in [-0.2, -0.15) is 5.26 Å². The number of carbonyl (C=O) groups excluding carboxylic acids is 2. The molecule has 0 saturated carbocycles. The molecule has 0 bridgehead atoms. The lowest BCUT2D eigenvalue weighted by atomic mass is 9.85. The number of benzene rings is 2. The summed E-state index contributed by atoms with van der Waals surface area (Å²) in [5.41, 5.74) is 2.92. The predicted octanol–water partition coefficient (Wildman–Crippen LogP) is 4.16. The smallest absolute Gasteiger partial charge is 0.262 e. The molecule has 0 aliphatic carbocycles. The Hall–Kier alpha value is -3.33. The standard InChI is InChI=1S/C22H25N3O3/c1-15-9-10-19(16(13-15)22(2,3)4)28-14-21(27)25-18-8-6-5-7-17(18)24-20(26)11-12-23/h5-10,13H,11,14H2,1-4H3,(H,24,26)(H,25,27). The number of amides is 2. The summed E-state index contributed by atoms with van der Waals surface area (Å²) in [6.07, 6.45) is -0.256. The second-order valence-corrected chi connectivity index (χ2v) is 7.52. The van der Waals surface area contributed by atoms with Gasteiger partial charge in [0.2, 0.25) is 5.91 Å². The predicted molar refractivity (Wildman–Crippen MR) is 109 cm³/mol. The van der Waals surface area contributed by atoms with Gasteiger partial charge in [0.15, 0.2) is 6.61 Å². The van der Waals surface area contributed by atoms with Crippen LogP contribution in [0.2, 0.25) is 0 Å². The quantitative estimate of drug-likeness (QED) is 0.788. The van der Waals surface area contributed by atoms with Gasteiger partial charge in [-0.3, -0.25) is 9.59 Å². The van der Waals surface area contributed by atoms with Crippen LogP contribution in [0.25, 0.3) is 0 Å². The summed E-state index contributed by atoms with van der Waals surface area (Å²) in [6.45, 7) is 8.13. The van der Waals surface area contributed by atoms with Gasteiger partial charge in [-0.25, -0.2) is 0 Å². The van der Waals surface area contributed by atoms with E-state index in [9.17, 15) is 9.59 Å². The van der Waals surface area contributed by atoms with E-state index in [0.717, 1.165) is 11.1 Å². The second-order valence-electron chi connectivity index (χ2n) is 7.52. The number of carbonyl (C=O) groups is 2. The minimum atomic E-state index is -0.435. The number of aryl methyl sites for hydroxylation is 1. The number of nitriles is 1. The molecule has 0 heterocycles. The molecule has 0 saturated heterocycles. The van der Waals surface area contributed by atoms with Gasteiger partial charge in [-0.15, -0.1) is 0 Å². The number of hydrogen-bond acceptors (Lipinski definition) is 4. The molecule has 0 spiro atoms. The summed E-state index contributed by atoms with van der Waals surface area (Å²) >= 11 is 0. The Morgan fingerprint density at radius 1 is 1.04 bits per heavy atom. The Morgan fingerprint density at radius 2 is 1.64 bits per heavy atom. The summed E-state index contributed by atoms with van der Waals surface area (Å²) in [5.74, 6) is -0.110. The van der Waals surface area contributed by atoms with Crippen molar-refractivity contribution in [2.24, 2.45) is 0 Å². The van der Waals surface area contributed by atoms with Crippen molar-refractivity contribution in [2.75, 3.05) is 17.2 Å². The molecular weight excluding hydrogens is 354 g/mol. The number of nitrogens with zero attached hydrogens (tertiary/aromatic N) is 1. The highest BCUT2D eigenvalue weighted by Crippen LogP contribution is 2.32. The Balaban J connectivity index is 2.07. The van der Waals surface area contributed by atoms with E-state index in [1.807, 2.05) is 19.1 Å². The maximum atomic E-state index is 12.4. The molecule has 2 N–H and O–H groups in total. The average Bonchev–Trinajstić information content (AvgIpc) is 2.61.